The second kappa shape index (κ2) is 1.45. The molecular weight excluding hydrogens is 128 g/mol. The van der Waals surface area contributed by atoms with Crippen molar-refractivity contribution in [1.29, 1.82) is 0 Å². The molecule has 2 aliphatic rings. The SMILES string of the molecule is Cc1cc(O)c2c(C)c1O2. The van der Waals surface area contributed by atoms with Crippen LogP contribution in [-0.4, -0.2) is 5.11 Å². The number of hydrogen-bond donors (Lipinski definition) is 1. The number of aromatic hydroxyl groups is 1. The quantitative estimate of drug-likeness (QED) is 0.601. The van der Waals surface area contributed by atoms with Crippen LogP contribution in [0.15, 0.2) is 6.07 Å². The van der Waals surface area contributed by atoms with Gasteiger partial charge in [0.15, 0.2) is 11.5 Å². The van der Waals surface area contributed by atoms with Crippen molar-refractivity contribution in [3.63, 3.8) is 0 Å². The molecule has 0 aromatic heterocycles. The summed E-state index contributed by atoms with van der Waals surface area (Å²) in [5, 5.41) is 9.20. The van der Waals surface area contributed by atoms with Crippen LogP contribution in [0.1, 0.15) is 11.1 Å². The summed E-state index contributed by atoms with van der Waals surface area (Å²) in [5.41, 5.74) is 2.07. The number of fused-ring (bicyclic) bond motifs is 2. The summed E-state index contributed by atoms with van der Waals surface area (Å²) in [6.07, 6.45) is 0. The normalized spacial score (nSPS) is 12.2. The smallest absolute Gasteiger partial charge is 0.175 e. The lowest BCUT2D eigenvalue weighted by atomic mass is 10.0. The van der Waals surface area contributed by atoms with E-state index in [-0.39, 0.29) is 5.75 Å². The van der Waals surface area contributed by atoms with Gasteiger partial charge in [-0.05, 0) is 25.5 Å². The molecule has 3 rings (SSSR count). The van der Waals surface area contributed by atoms with Crippen LogP contribution in [-0.2, 0) is 0 Å². The third kappa shape index (κ3) is 0.444. The van der Waals surface area contributed by atoms with E-state index < -0.39 is 0 Å². The average molecular weight is 136 g/mol. The zero-order valence-electron chi connectivity index (χ0n) is 5.93. The molecule has 0 fully saturated rings. The van der Waals surface area contributed by atoms with Crippen molar-refractivity contribution in [1.82, 2.24) is 0 Å². The molecule has 10 heavy (non-hydrogen) atoms. The topological polar surface area (TPSA) is 29.5 Å². The van der Waals surface area contributed by atoms with Gasteiger partial charge in [-0.2, -0.15) is 0 Å². The highest BCUT2D eigenvalue weighted by atomic mass is 16.5. The van der Waals surface area contributed by atoms with E-state index in [2.05, 4.69) is 0 Å². The number of aryl methyl sites for hydroxylation is 2. The van der Waals surface area contributed by atoms with Gasteiger partial charge in [0.25, 0.3) is 0 Å². The first-order valence-electron chi connectivity index (χ1n) is 3.21. The summed E-state index contributed by atoms with van der Waals surface area (Å²) in [6.45, 7) is 3.87. The molecule has 0 saturated carbocycles. The summed E-state index contributed by atoms with van der Waals surface area (Å²) in [5.74, 6) is 1.82. The fourth-order valence-corrected chi connectivity index (χ4v) is 1.27. The fraction of sp³-hybridized carbons (Fsp3) is 0.250. The molecule has 2 heterocycles. The molecule has 1 N–H and O–H groups in total. The molecule has 0 amide bonds. The molecule has 0 spiro atoms. The first-order valence-corrected chi connectivity index (χ1v) is 3.21. The van der Waals surface area contributed by atoms with Crippen LogP contribution in [0.4, 0.5) is 0 Å². The van der Waals surface area contributed by atoms with Crippen LogP contribution in [0.2, 0.25) is 0 Å². The van der Waals surface area contributed by atoms with Crippen molar-refractivity contribution in [2.75, 3.05) is 0 Å². The molecule has 52 valence electrons. The summed E-state index contributed by atoms with van der Waals surface area (Å²) < 4.78 is 5.15. The van der Waals surface area contributed by atoms with Gasteiger partial charge in [0.1, 0.15) is 5.75 Å². The highest BCUT2D eigenvalue weighted by Gasteiger charge is 2.24. The number of phenols is 1. The van der Waals surface area contributed by atoms with Gasteiger partial charge in [0.05, 0.1) is 0 Å². The monoisotopic (exact) mass is 136 g/mol. The van der Waals surface area contributed by atoms with Gasteiger partial charge in [-0.3, -0.25) is 0 Å². The molecule has 0 unspecified atom stereocenters. The highest BCUT2D eigenvalue weighted by Crippen LogP contribution is 2.49. The Morgan fingerprint density at radius 3 is 2.40 bits per heavy atom. The second-order valence-electron chi connectivity index (χ2n) is 2.60. The minimum Gasteiger partial charge on any atom is -0.504 e. The van der Waals surface area contributed by atoms with Crippen LogP contribution in [0.5, 0.6) is 17.2 Å². The predicted octanol–water partition coefficient (Wildman–Crippen LogP) is 2.11. The zero-order chi connectivity index (χ0) is 7.30. The largest absolute Gasteiger partial charge is 0.504 e. The van der Waals surface area contributed by atoms with E-state index in [9.17, 15) is 5.11 Å². The molecule has 0 atom stereocenters. The van der Waals surface area contributed by atoms with E-state index in [1.807, 2.05) is 13.8 Å². The van der Waals surface area contributed by atoms with Crippen LogP contribution in [0.25, 0.3) is 0 Å². The molecule has 2 aliphatic heterocycles. The summed E-state index contributed by atoms with van der Waals surface area (Å²) in [7, 11) is 0. The van der Waals surface area contributed by atoms with Gasteiger partial charge in [-0.25, -0.2) is 0 Å². The number of ether oxygens (including phenoxy) is 1. The van der Waals surface area contributed by atoms with Gasteiger partial charge in [-0.1, -0.05) is 0 Å². The molecule has 0 aliphatic carbocycles. The molecule has 0 radical (unpaired) electrons. The fourth-order valence-electron chi connectivity index (χ4n) is 1.27. The second-order valence-corrected chi connectivity index (χ2v) is 2.60. The number of benzene rings is 1. The van der Waals surface area contributed by atoms with Crippen molar-refractivity contribution >= 4 is 0 Å². The van der Waals surface area contributed by atoms with E-state index in [0.717, 1.165) is 16.9 Å². The van der Waals surface area contributed by atoms with Crippen molar-refractivity contribution in [3.8, 4) is 17.2 Å². The first-order chi connectivity index (χ1) is 4.70. The van der Waals surface area contributed by atoms with E-state index >= 15 is 0 Å². The molecule has 2 bridgehead atoms. The van der Waals surface area contributed by atoms with Crippen molar-refractivity contribution in [2.45, 2.75) is 13.8 Å². The molecule has 1 aromatic carbocycles. The summed E-state index contributed by atoms with van der Waals surface area (Å²) in [4.78, 5) is 0. The van der Waals surface area contributed by atoms with Gasteiger partial charge < -0.3 is 9.84 Å². The Morgan fingerprint density at radius 1 is 1.30 bits per heavy atom. The lowest BCUT2D eigenvalue weighted by Crippen LogP contribution is -2.03. The standard InChI is InChI=1S/C8H8O2/c1-4-3-6(9)8-5(2)7(4)10-8/h3,9H,1-2H3. The van der Waals surface area contributed by atoms with E-state index in [4.69, 9.17) is 4.74 Å². The number of hydrogen-bond acceptors (Lipinski definition) is 2. The van der Waals surface area contributed by atoms with Crippen LogP contribution >= 0.6 is 0 Å². The Hall–Kier alpha value is -1.18. The maximum atomic E-state index is 9.20. The third-order valence-electron chi connectivity index (χ3n) is 1.83. The molecule has 0 saturated heterocycles. The van der Waals surface area contributed by atoms with E-state index in [0.29, 0.717) is 5.75 Å². The summed E-state index contributed by atoms with van der Waals surface area (Å²) >= 11 is 0. The van der Waals surface area contributed by atoms with Crippen molar-refractivity contribution in [2.24, 2.45) is 0 Å². The first kappa shape index (κ1) is 5.59. The van der Waals surface area contributed by atoms with Crippen molar-refractivity contribution < 1.29 is 9.84 Å². The Morgan fingerprint density at radius 2 is 2.00 bits per heavy atom. The van der Waals surface area contributed by atoms with Gasteiger partial charge in [0, 0.05) is 5.56 Å². The lowest BCUT2D eigenvalue weighted by Gasteiger charge is -2.24. The summed E-state index contributed by atoms with van der Waals surface area (Å²) in [6, 6.07) is 1.72. The molecule has 2 nitrogen and oxygen atoms in total. The number of rotatable bonds is 0. The highest BCUT2D eigenvalue weighted by molar-refractivity contribution is 5.64. The lowest BCUT2D eigenvalue weighted by molar-refractivity contribution is 0.369. The Bertz CT molecular complexity index is 263. The Kier molecular flexibility index (Phi) is 0.813. The maximum absolute atomic E-state index is 9.20. The van der Waals surface area contributed by atoms with Crippen molar-refractivity contribution in [3.05, 3.63) is 17.2 Å². The van der Waals surface area contributed by atoms with Crippen LogP contribution in [0.3, 0.4) is 0 Å². The minimum atomic E-state index is 0.255. The minimum absolute atomic E-state index is 0.255. The molecular formula is C8H8O2. The molecule has 2 heteroatoms. The van der Waals surface area contributed by atoms with E-state index in [1.165, 1.54) is 0 Å². The van der Waals surface area contributed by atoms with E-state index in [1.54, 1.807) is 6.07 Å². The van der Waals surface area contributed by atoms with Crippen LogP contribution in [0, 0.1) is 13.8 Å². The average Bonchev–Trinajstić information content (AvgIpc) is 1.83. The van der Waals surface area contributed by atoms with Gasteiger partial charge >= 0.3 is 0 Å². The zero-order valence-corrected chi connectivity index (χ0v) is 5.93. The van der Waals surface area contributed by atoms with Crippen LogP contribution < -0.4 is 4.74 Å². The van der Waals surface area contributed by atoms with Gasteiger partial charge in [0.2, 0.25) is 0 Å². The van der Waals surface area contributed by atoms with Gasteiger partial charge in [-0.15, -0.1) is 0 Å². The Balaban J connectivity index is 2.76. The number of phenolic OH excluding ortho intramolecular Hbond substituents is 1. The predicted molar refractivity (Wildman–Crippen MR) is 37.7 cm³/mol. The maximum Gasteiger partial charge on any atom is 0.175 e. The third-order valence-corrected chi connectivity index (χ3v) is 1.83. The molecule has 1 aromatic rings. The Labute approximate surface area is 59.1 Å².